The first kappa shape index (κ1) is 15.0. The Morgan fingerprint density at radius 1 is 1.33 bits per heavy atom. The van der Waals surface area contributed by atoms with Gasteiger partial charge in [0.25, 0.3) is 0 Å². The van der Waals surface area contributed by atoms with Gasteiger partial charge in [-0.25, -0.2) is 0 Å². The summed E-state index contributed by atoms with van der Waals surface area (Å²) in [6.45, 7) is 3.34. The Labute approximate surface area is 124 Å². The molecule has 0 bridgehead atoms. The molecular formula is C16H20N4O. The third-order valence-corrected chi connectivity index (χ3v) is 3.49. The number of amidine groups is 1. The van der Waals surface area contributed by atoms with Gasteiger partial charge in [-0.2, -0.15) is 0 Å². The molecule has 0 saturated heterocycles. The van der Waals surface area contributed by atoms with E-state index < -0.39 is 0 Å². The Morgan fingerprint density at radius 2 is 2.10 bits per heavy atom. The number of hydrogen-bond donors (Lipinski definition) is 3. The van der Waals surface area contributed by atoms with E-state index in [1.54, 1.807) is 6.20 Å². The summed E-state index contributed by atoms with van der Waals surface area (Å²) in [5.41, 5.74) is 9.16. The van der Waals surface area contributed by atoms with Crippen molar-refractivity contribution >= 4 is 5.84 Å². The Bertz CT molecular complexity index is 598. The molecule has 1 heterocycles. The van der Waals surface area contributed by atoms with E-state index in [1.807, 2.05) is 42.6 Å². The average molecular weight is 284 g/mol. The van der Waals surface area contributed by atoms with Crippen molar-refractivity contribution in [3.05, 3.63) is 65.5 Å². The van der Waals surface area contributed by atoms with Crippen molar-refractivity contribution < 1.29 is 5.21 Å². The Hall–Kier alpha value is -2.40. The summed E-state index contributed by atoms with van der Waals surface area (Å²) in [6.07, 6.45) is 3.63. The van der Waals surface area contributed by atoms with Gasteiger partial charge in [0, 0.05) is 25.5 Å². The van der Waals surface area contributed by atoms with Crippen LogP contribution in [0.5, 0.6) is 0 Å². The first-order valence-electron chi connectivity index (χ1n) is 6.85. The number of hydrogen-bond acceptors (Lipinski definition) is 4. The molecule has 1 aromatic carbocycles. The lowest BCUT2D eigenvalue weighted by molar-refractivity contribution is 0.315. The summed E-state index contributed by atoms with van der Waals surface area (Å²) in [4.78, 5) is 4.12. The number of benzene rings is 1. The van der Waals surface area contributed by atoms with Crippen molar-refractivity contribution in [1.82, 2.24) is 10.3 Å². The van der Waals surface area contributed by atoms with Crippen LogP contribution in [0.3, 0.4) is 0 Å². The van der Waals surface area contributed by atoms with E-state index in [2.05, 4.69) is 22.4 Å². The molecule has 2 aromatic rings. The summed E-state index contributed by atoms with van der Waals surface area (Å²) in [6, 6.07) is 11.8. The van der Waals surface area contributed by atoms with Crippen molar-refractivity contribution in [2.75, 3.05) is 6.54 Å². The second-order valence-electron chi connectivity index (χ2n) is 4.92. The number of nitrogens with one attached hydrogen (secondary N) is 1. The van der Waals surface area contributed by atoms with Crippen LogP contribution in [0.25, 0.3) is 0 Å². The minimum atomic E-state index is -0.159. The zero-order valence-electron chi connectivity index (χ0n) is 12.0. The molecule has 0 aliphatic heterocycles. The Kier molecular flexibility index (Phi) is 5.29. The van der Waals surface area contributed by atoms with Crippen LogP contribution in [0.1, 0.15) is 22.6 Å². The topological polar surface area (TPSA) is 83.5 Å². The quantitative estimate of drug-likeness (QED) is 0.328. The van der Waals surface area contributed by atoms with Crippen molar-refractivity contribution in [3.63, 3.8) is 0 Å². The van der Waals surface area contributed by atoms with Crippen LogP contribution in [-0.2, 0) is 6.54 Å². The molecule has 21 heavy (non-hydrogen) atoms. The maximum absolute atomic E-state index is 8.95. The summed E-state index contributed by atoms with van der Waals surface area (Å²) < 4.78 is 0. The summed E-state index contributed by atoms with van der Waals surface area (Å²) in [5, 5.41) is 15.4. The lowest BCUT2D eigenvalue weighted by Crippen LogP contribution is -2.31. The largest absolute Gasteiger partial charge is 0.409 e. The molecule has 110 valence electrons. The summed E-state index contributed by atoms with van der Waals surface area (Å²) >= 11 is 0. The summed E-state index contributed by atoms with van der Waals surface area (Å²) in [5.74, 6) is 0.0461. The maximum atomic E-state index is 8.95. The molecule has 0 saturated carbocycles. The zero-order chi connectivity index (χ0) is 15.1. The van der Waals surface area contributed by atoms with Gasteiger partial charge in [0.1, 0.15) is 5.84 Å². The molecule has 1 unspecified atom stereocenters. The third-order valence-electron chi connectivity index (χ3n) is 3.49. The minimum absolute atomic E-state index is 0.159. The molecule has 5 nitrogen and oxygen atoms in total. The number of aromatic nitrogens is 1. The molecule has 5 heteroatoms. The van der Waals surface area contributed by atoms with Gasteiger partial charge in [0.05, 0.1) is 5.92 Å². The number of oxime groups is 1. The van der Waals surface area contributed by atoms with Crippen molar-refractivity contribution in [2.24, 2.45) is 10.9 Å². The molecule has 2 rings (SSSR count). The average Bonchev–Trinajstić information content (AvgIpc) is 2.53. The maximum Gasteiger partial charge on any atom is 0.147 e. The molecule has 0 radical (unpaired) electrons. The van der Waals surface area contributed by atoms with Gasteiger partial charge in [-0.05, 0) is 29.7 Å². The van der Waals surface area contributed by atoms with Gasteiger partial charge in [0.2, 0.25) is 0 Å². The van der Waals surface area contributed by atoms with E-state index in [9.17, 15) is 0 Å². The predicted molar refractivity (Wildman–Crippen MR) is 83.3 cm³/mol. The van der Waals surface area contributed by atoms with Crippen LogP contribution in [0.15, 0.2) is 53.9 Å². The zero-order valence-corrected chi connectivity index (χ0v) is 12.0. The smallest absolute Gasteiger partial charge is 0.147 e. The predicted octanol–water partition coefficient (Wildman–Crippen LogP) is 2.01. The summed E-state index contributed by atoms with van der Waals surface area (Å²) in [7, 11) is 0. The third kappa shape index (κ3) is 4.03. The number of nitrogens with two attached hydrogens (primary N) is 1. The fraction of sp³-hybridized carbons (Fsp3) is 0.250. The van der Waals surface area contributed by atoms with Gasteiger partial charge in [-0.1, -0.05) is 35.5 Å². The van der Waals surface area contributed by atoms with E-state index in [1.165, 1.54) is 5.56 Å². The van der Waals surface area contributed by atoms with Crippen molar-refractivity contribution in [1.29, 1.82) is 0 Å². The standard InChI is InChI=1S/C16H20N4O/c1-12-7-8-18-9-14(12)10-19-11-15(16(17)20-21)13-5-3-2-4-6-13/h2-9,15,19,21H,10-11H2,1H3,(H2,17,20). The van der Waals surface area contributed by atoms with E-state index in [-0.39, 0.29) is 11.8 Å². The molecule has 0 aliphatic carbocycles. The number of nitrogens with zero attached hydrogens (tertiary/aromatic N) is 2. The van der Waals surface area contributed by atoms with Crippen LogP contribution in [0.2, 0.25) is 0 Å². The van der Waals surface area contributed by atoms with Crippen LogP contribution in [0, 0.1) is 6.92 Å². The lowest BCUT2D eigenvalue weighted by atomic mass is 9.98. The number of rotatable bonds is 6. The highest BCUT2D eigenvalue weighted by molar-refractivity contribution is 5.87. The number of pyridine rings is 1. The first-order valence-corrected chi connectivity index (χ1v) is 6.85. The molecule has 0 amide bonds. The van der Waals surface area contributed by atoms with Crippen molar-refractivity contribution in [3.8, 4) is 0 Å². The molecule has 0 fully saturated rings. The monoisotopic (exact) mass is 284 g/mol. The molecule has 4 N–H and O–H groups in total. The van der Waals surface area contributed by atoms with Crippen LogP contribution < -0.4 is 11.1 Å². The lowest BCUT2D eigenvalue weighted by Gasteiger charge is -2.17. The van der Waals surface area contributed by atoms with Crippen LogP contribution in [-0.4, -0.2) is 22.6 Å². The van der Waals surface area contributed by atoms with E-state index >= 15 is 0 Å². The van der Waals surface area contributed by atoms with Gasteiger partial charge in [0.15, 0.2) is 0 Å². The number of aryl methyl sites for hydroxylation is 1. The molecule has 1 aromatic heterocycles. The van der Waals surface area contributed by atoms with Crippen LogP contribution >= 0.6 is 0 Å². The first-order chi connectivity index (χ1) is 10.2. The van der Waals surface area contributed by atoms with Crippen LogP contribution in [0.4, 0.5) is 0 Å². The molecule has 0 spiro atoms. The van der Waals surface area contributed by atoms with E-state index in [0.29, 0.717) is 13.1 Å². The SMILES string of the molecule is Cc1ccncc1CNCC(/C(N)=N/O)c1ccccc1. The van der Waals surface area contributed by atoms with Gasteiger partial charge in [-0.15, -0.1) is 0 Å². The van der Waals surface area contributed by atoms with Crippen molar-refractivity contribution in [2.45, 2.75) is 19.4 Å². The minimum Gasteiger partial charge on any atom is -0.409 e. The normalized spacial score (nSPS) is 13.1. The fourth-order valence-corrected chi connectivity index (χ4v) is 2.18. The van der Waals surface area contributed by atoms with Gasteiger partial charge < -0.3 is 16.3 Å². The van der Waals surface area contributed by atoms with Gasteiger partial charge in [-0.3, -0.25) is 4.98 Å². The van der Waals surface area contributed by atoms with E-state index in [0.717, 1.165) is 11.1 Å². The highest BCUT2D eigenvalue weighted by Crippen LogP contribution is 2.15. The molecule has 1 atom stereocenters. The van der Waals surface area contributed by atoms with E-state index in [4.69, 9.17) is 10.9 Å². The van der Waals surface area contributed by atoms with Gasteiger partial charge >= 0.3 is 0 Å². The fourth-order valence-electron chi connectivity index (χ4n) is 2.18. The molecular weight excluding hydrogens is 264 g/mol. The highest BCUT2D eigenvalue weighted by Gasteiger charge is 2.16. The second-order valence-corrected chi connectivity index (χ2v) is 4.92. The second kappa shape index (κ2) is 7.40. The molecule has 0 aliphatic rings. The Morgan fingerprint density at radius 3 is 2.76 bits per heavy atom. The Balaban J connectivity index is 2.02. The highest BCUT2D eigenvalue weighted by atomic mass is 16.4.